The summed E-state index contributed by atoms with van der Waals surface area (Å²) >= 11 is 0. The van der Waals surface area contributed by atoms with Gasteiger partial charge < -0.3 is 35.7 Å². The van der Waals surface area contributed by atoms with E-state index in [1.807, 2.05) is 44.2 Å². The van der Waals surface area contributed by atoms with Crippen LogP contribution in [0.5, 0.6) is 0 Å². The molecule has 1 amide bonds. The fourth-order valence-electron chi connectivity index (χ4n) is 5.51. The molecule has 0 unspecified atom stereocenters. The summed E-state index contributed by atoms with van der Waals surface area (Å²) < 4.78 is 46.1. The number of aliphatic hydroxyl groups excluding tert-OH is 1. The molecule has 0 radical (unpaired) electrons. The largest absolute Gasteiger partial charge is 0.443 e. The van der Waals surface area contributed by atoms with Crippen molar-refractivity contribution in [1.82, 2.24) is 9.62 Å². The Bertz CT molecular complexity index is 1280. The first-order valence-corrected chi connectivity index (χ1v) is 15.9. The summed E-state index contributed by atoms with van der Waals surface area (Å²) in [6, 6.07) is 15.1. The lowest BCUT2D eigenvalue weighted by atomic mass is 9.89. The Morgan fingerprint density at radius 2 is 1.95 bits per heavy atom. The highest BCUT2D eigenvalue weighted by atomic mass is 32.2. The summed E-state index contributed by atoms with van der Waals surface area (Å²) in [6.45, 7) is 4.94. The van der Waals surface area contributed by atoms with E-state index in [0.29, 0.717) is 25.3 Å². The second-order valence-electron chi connectivity index (χ2n) is 11.8. The highest BCUT2D eigenvalue weighted by Gasteiger charge is 2.44. The lowest BCUT2D eigenvalue weighted by Gasteiger charge is -2.35. The van der Waals surface area contributed by atoms with Crippen molar-refractivity contribution in [2.24, 2.45) is 17.1 Å². The molecule has 42 heavy (non-hydrogen) atoms. The first kappa shape index (κ1) is 32.2. The molecule has 2 fully saturated rings. The molecule has 2 aliphatic rings. The van der Waals surface area contributed by atoms with Crippen molar-refractivity contribution in [3.8, 4) is 0 Å². The van der Waals surface area contributed by atoms with E-state index in [1.54, 1.807) is 25.2 Å². The molecular formula is C30H44N4O7S. The number of aliphatic hydroxyl groups is 1. The van der Waals surface area contributed by atoms with Gasteiger partial charge in [-0.25, -0.2) is 13.2 Å². The van der Waals surface area contributed by atoms with Crippen molar-refractivity contribution in [3.63, 3.8) is 0 Å². The lowest BCUT2D eigenvalue weighted by Crippen LogP contribution is -2.52. The Balaban J connectivity index is 1.57. The molecular weight excluding hydrogens is 560 g/mol. The van der Waals surface area contributed by atoms with Crippen molar-refractivity contribution in [2.75, 3.05) is 45.2 Å². The minimum Gasteiger partial charge on any atom is -0.443 e. The van der Waals surface area contributed by atoms with E-state index in [4.69, 9.17) is 19.9 Å². The number of carbonyl (C=O) groups is 1. The number of ether oxygens (including phenoxy) is 3. The van der Waals surface area contributed by atoms with Gasteiger partial charge in [-0.15, -0.1) is 0 Å². The van der Waals surface area contributed by atoms with Gasteiger partial charge >= 0.3 is 6.09 Å². The molecule has 5 atom stereocenters. The smallest absolute Gasteiger partial charge is 0.407 e. The number of nitrogens with two attached hydrogens (primary N) is 1. The van der Waals surface area contributed by atoms with Crippen LogP contribution in [-0.2, 0) is 30.7 Å². The Morgan fingerprint density at radius 1 is 1.19 bits per heavy atom. The van der Waals surface area contributed by atoms with Crippen LogP contribution >= 0.6 is 0 Å². The van der Waals surface area contributed by atoms with E-state index >= 15 is 0 Å². The fourth-order valence-corrected chi connectivity index (χ4v) is 7.21. The summed E-state index contributed by atoms with van der Waals surface area (Å²) in [5, 5.41) is 17.4. The van der Waals surface area contributed by atoms with Crippen LogP contribution in [-0.4, -0.2) is 88.4 Å². The molecule has 2 heterocycles. The third-order valence-electron chi connectivity index (χ3n) is 7.89. The average Bonchev–Trinajstić information content (AvgIpc) is 3.58. The summed E-state index contributed by atoms with van der Waals surface area (Å²) in [4.78, 5) is 13.2. The molecule has 12 heteroatoms. The summed E-state index contributed by atoms with van der Waals surface area (Å²) in [5.74, 6) is -0.0352. The molecule has 0 bridgehead atoms. The van der Waals surface area contributed by atoms with Crippen LogP contribution in [0.3, 0.4) is 0 Å². The minimum atomic E-state index is -4.03. The van der Waals surface area contributed by atoms with Crippen LogP contribution in [0.15, 0.2) is 59.5 Å². The molecule has 232 valence electrons. The summed E-state index contributed by atoms with van der Waals surface area (Å²) in [6.07, 6.45) is -1.20. The highest BCUT2D eigenvalue weighted by molar-refractivity contribution is 7.89. The van der Waals surface area contributed by atoms with Gasteiger partial charge in [0.2, 0.25) is 10.0 Å². The first-order valence-electron chi connectivity index (χ1n) is 14.4. The Hall–Kier alpha value is -2.74. The standard InChI is InChI=1S/C30H44N4O7S/c1-30(2,13-14-31)20-34(42(37,38)23-11-7-10-22(17-23)32-3)18-26(35)25(16-21-8-5-4-6-9-21)33-29(36)41-27-19-40-28-24(27)12-15-39-28/h4-11,17,24-28,32,35H,12-16,18-20,31H2,1-3H3,(H,33,36)/t24-,25-,26+,27-,28+/m0/s1. The highest BCUT2D eigenvalue weighted by Crippen LogP contribution is 2.33. The van der Waals surface area contributed by atoms with Crippen molar-refractivity contribution < 1.29 is 32.5 Å². The van der Waals surface area contributed by atoms with E-state index in [9.17, 15) is 18.3 Å². The van der Waals surface area contributed by atoms with Crippen LogP contribution < -0.4 is 16.4 Å². The van der Waals surface area contributed by atoms with Crippen molar-refractivity contribution >= 4 is 21.8 Å². The molecule has 2 aromatic carbocycles. The number of nitrogens with zero attached hydrogens (tertiary/aromatic N) is 1. The van der Waals surface area contributed by atoms with Gasteiger partial charge in [0.05, 0.1) is 36.2 Å². The number of hydrogen-bond acceptors (Lipinski definition) is 9. The first-order chi connectivity index (χ1) is 20.0. The van der Waals surface area contributed by atoms with Crippen LogP contribution in [0.25, 0.3) is 0 Å². The van der Waals surface area contributed by atoms with Crippen LogP contribution in [0.1, 0.15) is 32.3 Å². The van der Waals surface area contributed by atoms with Crippen LogP contribution in [0.2, 0.25) is 0 Å². The van der Waals surface area contributed by atoms with Crippen LogP contribution in [0.4, 0.5) is 10.5 Å². The van der Waals surface area contributed by atoms with Crippen LogP contribution in [0, 0.1) is 11.3 Å². The van der Waals surface area contributed by atoms with Crippen molar-refractivity contribution in [3.05, 3.63) is 60.2 Å². The van der Waals surface area contributed by atoms with Gasteiger partial charge in [-0.3, -0.25) is 0 Å². The molecule has 0 aliphatic carbocycles. The van der Waals surface area contributed by atoms with E-state index in [1.165, 1.54) is 10.4 Å². The molecule has 0 saturated carbocycles. The zero-order valence-corrected chi connectivity index (χ0v) is 25.4. The van der Waals surface area contributed by atoms with E-state index in [2.05, 4.69) is 10.6 Å². The maximum Gasteiger partial charge on any atom is 0.407 e. The zero-order chi connectivity index (χ0) is 30.3. The number of rotatable bonds is 14. The van der Waals surface area contributed by atoms with E-state index in [-0.39, 0.29) is 43.2 Å². The number of benzene rings is 2. The van der Waals surface area contributed by atoms with E-state index in [0.717, 1.165) is 12.0 Å². The molecule has 2 saturated heterocycles. The van der Waals surface area contributed by atoms with Gasteiger partial charge in [-0.05, 0) is 55.0 Å². The average molecular weight is 605 g/mol. The Morgan fingerprint density at radius 3 is 2.67 bits per heavy atom. The number of fused-ring (bicyclic) bond motifs is 1. The van der Waals surface area contributed by atoms with Gasteiger partial charge in [-0.1, -0.05) is 50.2 Å². The molecule has 2 aromatic rings. The number of nitrogens with one attached hydrogen (secondary N) is 2. The maximum atomic E-state index is 14.0. The molecule has 5 N–H and O–H groups in total. The minimum absolute atomic E-state index is 0.0352. The normalized spacial score (nSPS) is 22.0. The summed E-state index contributed by atoms with van der Waals surface area (Å²) in [7, 11) is -2.31. The number of anilines is 1. The maximum absolute atomic E-state index is 14.0. The second kappa shape index (κ2) is 14.2. The quantitative estimate of drug-likeness (QED) is 0.255. The number of carbonyl (C=O) groups excluding carboxylic acids is 1. The zero-order valence-electron chi connectivity index (χ0n) is 24.6. The SMILES string of the molecule is CNc1cccc(S(=O)(=O)N(C[C@@H](O)[C@H](Cc2ccccc2)NC(=O)O[C@H]2CO[C@H]3OCC[C@H]32)CC(C)(C)CCN)c1. The van der Waals surface area contributed by atoms with E-state index < -0.39 is 39.8 Å². The lowest BCUT2D eigenvalue weighted by molar-refractivity contribution is -0.0907. The Labute approximate surface area is 248 Å². The number of hydrogen-bond donors (Lipinski definition) is 4. The van der Waals surface area contributed by atoms with Gasteiger partial charge in [-0.2, -0.15) is 4.31 Å². The van der Waals surface area contributed by atoms with Gasteiger partial charge in [0.15, 0.2) is 6.29 Å². The number of sulfonamides is 1. The van der Waals surface area contributed by atoms with Crippen molar-refractivity contribution in [2.45, 2.75) is 62.5 Å². The molecule has 11 nitrogen and oxygen atoms in total. The molecule has 0 aromatic heterocycles. The topological polar surface area (TPSA) is 152 Å². The third-order valence-corrected chi connectivity index (χ3v) is 9.69. The van der Waals surface area contributed by atoms with Gasteiger partial charge in [0, 0.05) is 25.8 Å². The summed E-state index contributed by atoms with van der Waals surface area (Å²) in [5.41, 5.74) is 6.89. The molecule has 0 spiro atoms. The number of alkyl carbamates (subject to hydrolysis) is 1. The third kappa shape index (κ3) is 8.21. The number of amides is 1. The Kier molecular flexibility index (Phi) is 10.8. The molecule has 4 rings (SSSR count). The fraction of sp³-hybridized carbons (Fsp3) is 0.567. The second-order valence-corrected chi connectivity index (χ2v) is 13.7. The van der Waals surface area contributed by atoms with Gasteiger partial charge in [0.25, 0.3) is 0 Å². The van der Waals surface area contributed by atoms with Crippen molar-refractivity contribution in [1.29, 1.82) is 0 Å². The molecule has 2 aliphatic heterocycles. The monoisotopic (exact) mass is 604 g/mol. The van der Waals surface area contributed by atoms with Gasteiger partial charge in [0.1, 0.15) is 6.10 Å². The predicted octanol–water partition coefficient (Wildman–Crippen LogP) is 2.55. The predicted molar refractivity (Wildman–Crippen MR) is 159 cm³/mol.